The zero-order chi connectivity index (χ0) is 15.4. The van der Waals surface area contributed by atoms with Crippen molar-refractivity contribution >= 4 is 22.0 Å². The highest BCUT2D eigenvalue weighted by molar-refractivity contribution is 9.10. The van der Waals surface area contributed by atoms with E-state index in [0.29, 0.717) is 19.6 Å². The lowest BCUT2D eigenvalue weighted by Crippen LogP contribution is -2.35. The molecule has 114 valence electrons. The molecule has 1 N–H and O–H groups in total. The number of hydrogen-bond acceptors (Lipinski definition) is 3. The molecular formula is C17H16BrNO3. The third-order valence-electron chi connectivity index (χ3n) is 3.45. The van der Waals surface area contributed by atoms with E-state index in [4.69, 9.17) is 9.47 Å². The molecule has 22 heavy (non-hydrogen) atoms. The molecular weight excluding hydrogens is 346 g/mol. The summed E-state index contributed by atoms with van der Waals surface area (Å²) in [6.45, 7) is 0.832. The Bertz CT molecular complexity index is 660. The first kappa shape index (κ1) is 14.9. The fourth-order valence-corrected chi connectivity index (χ4v) is 2.70. The Kier molecular flexibility index (Phi) is 4.63. The molecule has 0 saturated carbocycles. The maximum Gasteiger partial charge on any atom is 0.407 e. The Balaban J connectivity index is 1.51. The number of hydrogen-bond donors (Lipinski definition) is 1. The fourth-order valence-electron chi connectivity index (χ4n) is 2.36. The smallest absolute Gasteiger partial charge is 0.407 e. The summed E-state index contributed by atoms with van der Waals surface area (Å²) >= 11 is 3.41. The summed E-state index contributed by atoms with van der Waals surface area (Å²) < 4.78 is 12.0. The van der Waals surface area contributed by atoms with Gasteiger partial charge in [0.05, 0.1) is 0 Å². The average molecular weight is 362 g/mol. The van der Waals surface area contributed by atoms with Crippen molar-refractivity contribution in [2.24, 2.45) is 0 Å². The minimum absolute atomic E-state index is 0.260. The number of carbonyl (C=O) groups is 1. The predicted molar refractivity (Wildman–Crippen MR) is 86.9 cm³/mol. The van der Waals surface area contributed by atoms with Crippen LogP contribution < -0.4 is 10.1 Å². The van der Waals surface area contributed by atoms with E-state index in [2.05, 4.69) is 21.2 Å². The summed E-state index contributed by atoms with van der Waals surface area (Å²) in [6, 6.07) is 15.6. The number of rotatable bonds is 3. The molecule has 1 atom stereocenters. The van der Waals surface area contributed by atoms with E-state index < -0.39 is 6.09 Å². The van der Waals surface area contributed by atoms with Gasteiger partial charge in [-0.2, -0.15) is 0 Å². The van der Waals surface area contributed by atoms with Crippen LogP contribution in [0.1, 0.15) is 11.1 Å². The quantitative estimate of drug-likeness (QED) is 0.906. The van der Waals surface area contributed by atoms with Gasteiger partial charge in [0.15, 0.2) is 0 Å². The molecule has 0 aromatic heterocycles. The van der Waals surface area contributed by atoms with Crippen molar-refractivity contribution in [2.45, 2.75) is 19.1 Å². The Morgan fingerprint density at radius 3 is 2.91 bits per heavy atom. The number of carbonyl (C=O) groups excluding carboxylic acids is 1. The fraction of sp³-hybridized carbons (Fsp3) is 0.235. The molecule has 0 fully saturated rings. The second kappa shape index (κ2) is 6.83. The number of ether oxygens (including phenoxy) is 2. The van der Waals surface area contributed by atoms with E-state index in [0.717, 1.165) is 21.3 Å². The van der Waals surface area contributed by atoms with E-state index in [1.54, 1.807) is 0 Å². The van der Waals surface area contributed by atoms with Crippen LogP contribution in [-0.4, -0.2) is 18.8 Å². The zero-order valence-corrected chi connectivity index (χ0v) is 13.5. The average Bonchev–Trinajstić information content (AvgIpc) is 2.54. The highest BCUT2D eigenvalue weighted by Crippen LogP contribution is 2.28. The lowest BCUT2D eigenvalue weighted by atomic mass is 10.0. The van der Waals surface area contributed by atoms with Gasteiger partial charge in [-0.25, -0.2) is 4.79 Å². The van der Waals surface area contributed by atoms with E-state index in [9.17, 15) is 4.79 Å². The molecule has 0 saturated heterocycles. The van der Waals surface area contributed by atoms with Gasteiger partial charge in [-0.05, 0) is 23.3 Å². The largest absolute Gasteiger partial charge is 0.489 e. The Labute approximate surface area is 137 Å². The molecule has 4 nitrogen and oxygen atoms in total. The Hall–Kier alpha value is -2.01. The van der Waals surface area contributed by atoms with Gasteiger partial charge >= 0.3 is 6.09 Å². The van der Waals surface area contributed by atoms with E-state index in [-0.39, 0.29) is 6.10 Å². The van der Waals surface area contributed by atoms with Crippen molar-refractivity contribution < 1.29 is 14.3 Å². The van der Waals surface area contributed by atoms with E-state index in [1.165, 1.54) is 0 Å². The maximum absolute atomic E-state index is 11.9. The second-order valence-corrected chi connectivity index (χ2v) is 6.05. The van der Waals surface area contributed by atoms with Gasteiger partial charge in [0.1, 0.15) is 18.5 Å². The zero-order valence-electron chi connectivity index (χ0n) is 11.9. The minimum atomic E-state index is -0.419. The number of fused-ring (bicyclic) bond motifs is 1. The van der Waals surface area contributed by atoms with Crippen LogP contribution in [-0.2, 0) is 17.7 Å². The van der Waals surface area contributed by atoms with Crippen LogP contribution in [0.3, 0.4) is 0 Å². The molecule has 0 bridgehead atoms. The van der Waals surface area contributed by atoms with E-state index >= 15 is 0 Å². The van der Waals surface area contributed by atoms with Gasteiger partial charge in [0.25, 0.3) is 0 Å². The normalized spacial score (nSPS) is 16.3. The van der Waals surface area contributed by atoms with Crippen molar-refractivity contribution in [1.29, 1.82) is 0 Å². The summed E-state index contributed by atoms with van der Waals surface area (Å²) in [6.07, 6.45) is -0.0102. The van der Waals surface area contributed by atoms with Crippen molar-refractivity contribution in [2.75, 3.05) is 6.61 Å². The van der Waals surface area contributed by atoms with Gasteiger partial charge in [-0.1, -0.05) is 52.3 Å². The van der Waals surface area contributed by atoms with Gasteiger partial charge in [-0.15, -0.1) is 0 Å². The minimum Gasteiger partial charge on any atom is -0.489 e. The Morgan fingerprint density at radius 1 is 1.27 bits per heavy atom. The lowest BCUT2D eigenvalue weighted by Gasteiger charge is -2.25. The first-order chi connectivity index (χ1) is 10.7. The third-order valence-corrected chi connectivity index (χ3v) is 3.95. The van der Waals surface area contributed by atoms with Crippen LogP contribution in [0.2, 0.25) is 0 Å². The standard InChI is InChI=1S/C17H16BrNO3/c18-14-7-6-13-8-15(11-21-16(13)9-14)22-17(20)19-10-12-4-2-1-3-5-12/h1-7,9,15H,8,10-11H2,(H,19,20). The van der Waals surface area contributed by atoms with Gasteiger partial charge in [0.2, 0.25) is 0 Å². The summed E-state index contributed by atoms with van der Waals surface area (Å²) in [4.78, 5) is 11.9. The molecule has 1 amide bonds. The van der Waals surface area contributed by atoms with Gasteiger partial charge in [-0.3, -0.25) is 0 Å². The van der Waals surface area contributed by atoms with Crippen molar-refractivity contribution in [1.82, 2.24) is 5.32 Å². The SMILES string of the molecule is O=C(NCc1ccccc1)OC1COc2cc(Br)ccc2C1. The molecule has 3 rings (SSSR count). The summed E-state index contributed by atoms with van der Waals surface area (Å²) in [5.74, 6) is 0.846. The molecule has 1 unspecified atom stereocenters. The second-order valence-electron chi connectivity index (χ2n) is 5.13. The molecule has 2 aromatic rings. The first-order valence-corrected chi connectivity index (χ1v) is 7.89. The first-order valence-electron chi connectivity index (χ1n) is 7.10. The predicted octanol–water partition coefficient (Wildman–Crippen LogP) is 3.68. The maximum atomic E-state index is 11.9. The van der Waals surface area contributed by atoms with E-state index in [1.807, 2.05) is 48.5 Å². The lowest BCUT2D eigenvalue weighted by molar-refractivity contribution is 0.0554. The number of alkyl carbamates (subject to hydrolysis) is 1. The molecule has 0 spiro atoms. The Morgan fingerprint density at radius 2 is 2.09 bits per heavy atom. The number of halogens is 1. The number of benzene rings is 2. The molecule has 5 heteroatoms. The molecule has 1 aliphatic heterocycles. The highest BCUT2D eigenvalue weighted by Gasteiger charge is 2.23. The van der Waals surface area contributed by atoms with Crippen LogP contribution in [0.5, 0.6) is 5.75 Å². The molecule has 2 aromatic carbocycles. The topological polar surface area (TPSA) is 47.6 Å². The monoisotopic (exact) mass is 361 g/mol. The van der Waals surface area contributed by atoms with Crippen LogP contribution in [0.15, 0.2) is 53.0 Å². The highest BCUT2D eigenvalue weighted by atomic mass is 79.9. The van der Waals surface area contributed by atoms with Crippen LogP contribution in [0, 0.1) is 0 Å². The van der Waals surface area contributed by atoms with Crippen molar-refractivity contribution in [3.05, 3.63) is 64.1 Å². The number of nitrogens with one attached hydrogen (secondary N) is 1. The van der Waals surface area contributed by atoms with Crippen molar-refractivity contribution in [3.63, 3.8) is 0 Å². The van der Waals surface area contributed by atoms with Crippen LogP contribution >= 0.6 is 15.9 Å². The van der Waals surface area contributed by atoms with Gasteiger partial charge < -0.3 is 14.8 Å². The molecule has 0 radical (unpaired) electrons. The molecule has 1 aliphatic rings. The molecule has 0 aliphatic carbocycles. The summed E-state index contributed by atoms with van der Waals surface area (Å²) in [5.41, 5.74) is 2.09. The van der Waals surface area contributed by atoms with Crippen molar-refractivity contribution in [3.8, 4) is 5.75 Å². The summed E-state index contributed by atoms with van der Waals surface area (Å²) in [5, 5.41) is 2.76. The third kappa shape index (κ3) is 3.80. The van der Waals surface area contributed by atoms with Crippen LogP contribution in [0.25, 0.3) is 0 Å². The number of amides is 1. The van der Waals surface area contributed by atoms with Crippen LogP contribution in [0.4, 0.5) is 4.79 Å². The van der Waals surface area contributed by atoms with Gasteiger partial charge in [0, 0.05) is 17.4 Å². The summed E-state index contributed by atoms with van der Waals surface area (Å²) in [7, 11) is 0. The molecule has 1 heterocycles.